The van der Waals surface area contributed by atoms with Crippen molar-refractivity contribution in [3.05, 3.63) is 56.8 Å². The molecule has 230 valence electrons. The van der Waals surface area contributed by atoms with Crippen LogP contribution < -0.4 is 15.6 Å². The zero-order valence-electron chi connectivity index (χ0n) is 20.9. The van der Waals surface area contributed by atoms with E-state index in [9.17, 15) is 39.6 Å². The third kappa shape index (κ3) is 7.74. The summed E-state index contributed by atoms with van der Waals surface area (Å²) in [5.74, 6) is -3.94. The molecule has 2 aromatic carbocycles. The molecule has 42 heavy (non-hydrogen) atoms. The number of benzene rings is 2. The highest BCUT2D eigenvalue weighted by molar-refractivity contribution is 7.90. The molecule has 0 saturated carbocycles. The van der Waals surface area contributed by atoms with Crippen LogP contribution in [0.15, 0.2) is 35.4 Å². The lowest BCUT2D eigenvalue weighted by molar-refractivity contribution is -0.192. The topological polar surface area (TPSA) is 143 Å². The maximum atomic E-state index is 14.6. The molecule has 1 fully saturated rings. The molecular formula is C22H19Cl2F6N5O6S. The lowest BCUT2D eigenvalue weighted by atomic mass is 10.1. The van der Waals surface area contributed by atoms with Gasteiger partial charge in [0, 0.05) is 26.1 Å². The van der Waals surface area contributed by atoms with E-state index >= 15 is 0 Å². The third-order valence-electron chi connectivity index (χ3n) is 5.58. The van der Waals surface area contributed by atoms with E-state index < -0.39 is 40.3 Å². The number of ether oxygens (including phenoxy) is 1. The van der Waals surface area contributed by atoms with Crippen molar-refractivity contribution in [2.24, 2.45) is 13.0 Å². The van der Waals surface area contributed by atoms with Crippen molar-refractivity contribution >= 4 is 67.3 Å². The molecule has 1 aromatic heterocycles. The number of carboxylic acid groups (broad SMARTS) is 1. The molecule has 11 nitrogen and oxygen atoms in total. The van der Waals surface area contributed by atoms with Gasteiger partial charge in [-0.05, 0) is 24.3 Å². The van der Waals surface area contributed by atoms with Gasteiger partial charge in [0.15, 0.2) is 0 Å². The second kappa shape index (κ2) is 12.9. The Morgan fingerprint density at radius 3 is 2.33 bits per heavy atom. The molecule has 1 aliphatic heterocycles. The second-order valence-corrected chi connectivity index (χ2v) is 11.0. The third-order valence-corrected chi connectivity index (χ3v) is 7.82. The number of halogens is 8. The van der Waals surface area contributed by atoms with Gasteiger partial charge in [-0.3, -0.25) is 9.52 Å². The summed E-state index contributed by atoms with van der Waals surface area (Å²) >= 11 is 12.7. The van der Waals surface area contributed by atoms with Crippen molar-refractivity contribution < 1.29 is 49.4 Å². The lowest BCUT2D eigenvalue weighted by Gasteiger charge is -2.37. The normalized spacial score (nSPS) is 14.3. The Morgan fingerprint density at radius 2 is 1.76 bits per heavy atom. The van der Waals surface area contributed by atoms with Crippen LogP contribution in [0, 0.1) is 11.7 Å². The first-order valence-corrected chi connectivity index (χ1v) is 13.5. The number of hydrogen-bond acceptors (Lipinski definition) is 7. The Kier molecular flexibility index (Phi) is 10.2. The molecule has 1 saturated heterocycles. The van der Waals surface area contributed by atoms with Crippen LogP contribution in [-0.4, -0.2) is 65.8 Å². The van der Waals surface area contributed by atoms with Gasteiger partial charge < -0.3 is 19.7 Å². The molecular weight excluding hydrogens is 647 g/mol. The van der Waals surface area contributed by atoms with E-state index in [4.69, 9.17) is 33.1 Å². The Hall–Kier alpha value is -3.32. The molecule has 0 amide bonds. The largest absolute Gasteiger partial charge is 0.490 e. The van der Waals surface area contributed by atoms with Crippen LogP contribution in [0.5, 0.6) is 0 Å². The van der Waals surface area contributed by atoms with Crippen molar-refractivity contribution in [3.8, 4) is 0 Å². The van der Waals surface area contributed by atoms with Crippen LogP contribution in [0.1, 0.15) is 0 Å². The van der Waals surface area contributed by atoms with Crippen LogP contribution in [0.3, 0.4) is 0 Å². The van der Waals surface area contributed by atoms with Crippen molar-refractivity contribution in [1.82, 2.24) is 13.9 Å². The van der Waals surface area contributed by atoms with E-state index in [2.05, 4.69) is 19.8 Å². The maximum absolute atomic E-state index is 14.6. The summed E-state index contributed by atoms with van der Waals surface area (Å²) < 4.78 is 105. The summed E-state index contributed by atoms with van der Waals surface area (Å²) in [7, 11) is -2.59. The fourth-order valence-electron chi connectivity index (χ4n) is 3.47. The second-order valence-electron chi connectivity index (χ2n) is 8.58. The summed E-state index contributed by atoms with van der Waals surface area (Å²) in [4.78, 5) is 25.5. The highest BCUT2D eigenvalue weighted by Crippen LogP contribution is 2.38. The SMILES string of the molecule is Cn1cnc2ccc(Nc3c(F)ccc(NS(=O)(=O)N4CC(COC(F)F)C4)c3Cl)c(Cl)c2c1=O.O=C(O)C(F)(F)F. The van der Waals surface area contributed by atoms with E-state index in [0.29, 0.717) is 5.52 Å². The van der Waals surface area contributed by atoms with Gasteiger partial charge in [-0.2, -0.15) is 34.7 Å². The molecule has 3 aromatic rings. The average Bonchev–Trinajstić information content (AvgIpc) is 2.85. The number of rotatable bonds is 8. The highest BCUT2D eigenvalue weighted by Gasteiger charge is 2.38. The van der Waals surface area contributed by atoms with Crippen LogP contribution in [-0.2, 0) is 26.8 Å². The molecule has 4 rings (SSSR count). The van der Waals surface area contributed by atoms with Crippen molar-refractivity contribution in [2.45, 2.75) is 12.8 Å². The van der Waals surface area contributed by atoms with E-state index in [1.807, 2.05) is 0 Å². The minimum atomic E-state index is -5.08. The minimum absolute atomic E-state index is 0.0183. The summed E-state index contributed by atoms with van der Waals surface area (Å²) in [6.07, 6.45) is -3.74. The zero-order chi connectivity index (χ0) is 31.6. The molecule has 0 bridgehead atoms. The van der Waals surface area contributed by atoms with Crippen LogP contribution in [0.25, 0.3) is 10.9 Å². The number of carbonyl (C=O) groups is 1. The standard InChI is InChI=1S/C20H18Cl2F3N5O4S.C2HF3O2/c1-29-9-26-12-4-5-13(16(21)15(12)19(29)31)27-18-11(23)2-3-14(17(18)22)28-35(32,33)30-6-10(7-30)8-34-20(24)25;3-2(4,5)1(6)7/h2-5,9-10,20,27-28H,6-8H2,1H3;(H,6,7). The Bertz CT molecular complexity index is 1650. The lowest BCUT2D eigenvalue weighted by Crippen LogP contribution is -2.53. The Morgan fingerprint density at radius 1 is 1.17 bits per heavy atom. The maximum Gasteiger partial charge on any atom is 0.490 e. The molecule has 0 unspecified atom stereocenters. The quantitative estimate of drug-likeness (QED) is 0.297. The fraction of sp³-hybridized carbons (Fsp3) is 0.318. The van der Waals surface area contributed by atoms with Crippen molar-refractivity contribution in [3.63, 3.8) is 0 Å². The number of fused-ring (bicyclic) bond motifs is 1. The van der Waals surface area contributed by atoms with Gasteiger partial charge in [-0.15, -0.1) is 0 Å². The first-order chi connectivity index (χ1) is 19.4. The number of carboxylic acids is 1. The van der Waals surface area contributed by atoms with Gasteiger partial charge >= 0.3 is 29.0 Å². The van der Waals surface area contributed by atoms with Gasteiger partial charge in [0.1, 0.15) is 5.82 Å². The number of nitrogens with zero attached hydrogens (tertiary/aromatic N) is 3. The molecule has 20 heteroatoms. The van der Waals surface area contributed by atoms with E-state index in [1.165, 1.54) is 30.1 Å². The van der Waals surface area contributed by atoms with Crippen LogP contribution >= 0.6 is 23.2 Å². The molecule has 0 radical (unpaired) electrons. The monoisotopic (exact) mass is 665 g/mol. The number of nitrogens with one attached hydrogen (secondary N) is 2. The van der Waals surface area contributed by atoms with Gasteiger partial charge in [-0.1, -0.05) is 23.2 Å². The molecule has 0 atom stereocenters. The minimum Gasteiger partial charge on any atom is -0.475 e. The summed E-state index contributed by atoms with van der Waals surface area (Å²) in [6.45, 7) is -3.26. The first kappa shape index (κ1) is 33.2. The van der Waals surface area contributed by atoms with E-state index in [-0.39, 0.29) is 58.1 Å². The Labute approximate surface area is 242 Å². The van der Waals surface area contributed by atoms with Gasteiger partial charge in [0.2, 0.25) is 0 Å². The molecule has 1 aliphatic rings. The number of aromatic nitrogens is 2. The van der Waals surface area contributed by atoms with E-state index in [0.717, 1.165) is 16.4 Å². The Balaban J connectivity index is 0.000000616. The van der Waals surface area contributed by atoms with Gasteiger partial charge in [0.05, 0.1) is 50.9 Å². The highest BCUT2D eigenvalue weighted by atomic mass is 35.5. The zero-order valence-corrected chi connectivity index (χ0v) is 23.3. The van der Waals surface area contributed by atoms with Crippen LogP contribution in [0.2, 0.25) is 10.0 Å². The molecule has 0 spiro atoms. The first-order valence-electron chi connectivity index (χ1n) is 11.3. The van der Waals surface area contributed by atoms with Gasteiger partial charge in [-0.25, -0.2) is 14.2 Å². The number of aryl methyl sites for hydroxylation is 1. The average molecular weight is 666 g/mol. The van der Waals surface area contributed by atoms with Crippen LogP contribution in [0.4, 0.5) is 43.4 Å². The molecule has 3 N–H and O–H groups in total. The fourth-order valence-corrected chi connectivity index (χ4v) is 5.45. The summed E-state index contributed by atoms with van der Waals surface area (Å²) in [6, 6.07) is 5.13. The predicted octanol–water partition coefficient (Wildman–Crippen LogP) is 4.58. The van der Waals surface area contributed by atoms with Crippen molar-refractivity contribution in [2.75, 3.05) is 29.7 Å². The smallest absolute Gasteiger partial charge is 0.475 e. The predicted molar refractivity (Wildman–Crippen MR) is 140 cm³/mol. The number of anilines is 3. The summed E-state index contributed by atoms with van der Waals surface area (Å²) in [5, 5.41) is 9.64. The van der Waals surface area contributed by atoms with Crippen molar-refractivity contribution in [1.29, 1.82) is 0 Å². The number of aliphatic carboxylic acids is 1. The summed E-state index contributed by atoms with van der Waals surface area (Å²) in [5.41, 5.74) is -0.334. The number of alkyl halides is 5. The van der Waals surface area contributed by atoms with Gasteiger partial charge in [0.25, 0.3) is 5.56 Å². The van der Waals surface area contributed by atoms with E-state index in [1.54, 1.807) is 0 Å². The number of hydrogen-bond donors (Lipinski definition) is 3. The molecule has 2 heterocycles. The molecule has 0 aliphatic carbocycles.